The summed E-state index contributed by atoms with van der Waals surface area (Å²) in [6, 6.07) is 4.62. The topological polar surface area (TPSA) is 92.4 Å². The molecule has 1 aromatic heterocycles. The van der Waals surface area contributed by atoms with Crippen LogP contribution in [-0.2, 0) is 11.3 Å². The van der Waals surface area contributed by atoms with E-state index < -0.39 is 11.9 Å². The Morgan fingerprint density at radius 3 is 2.68 bits per heavy atom. The number of rotatable bonds is 4. The van der Waals surface area contributed by atoms with Crippen LogP contribution in [0.2, 0.25) is 0 Å². The summed E-state index contributed by atoms with van der Waals surface area (Å²) in [5, 5.41) is 17.6. The Bertz CT molecular complexity index is 685. The van der Waals surface area contributed by atoms with Gasteiger partial charge in [0.2, 0.25) is 0 Å². The van der Waals surface area contributed by atoms with Gasteiger partial charge in [-0.05, 0) is 31.2 Å². The van der Waals surface area contributed by atoms with Gasteiger partial charge in [-0.3, -0.25) is 0 Å². The molecule has 98 valence electrons. The van der Waals surface area contributed by atoms with Crippen LogP contribution in [0.15, 0.2) is 24.3 Å². The first-order chi connectivity index (χ1) is 9.02. The van der Waals surface area contributed by atoms with Gasteiger partial charge in [0.1, 0.15) is 5.82 Å². The normalized spacial score (nSPS) is 11.2. The molecule has 6 heteroatoms. The molecule has 0 saturated heterocycles. The van der Waals surface area contributed by atoms with Gasteiger partial charge in [-0.15, -0.1) is 0 Å². The van der Waals surface area contributed by atoms with E-state index in [1.165, 1.54) is 18.2 Å². The van der Waals surface area contributed by atoms with Gasteiger partial charge in [-0.25, -0.2) is 14.6 Å². The Morgan fingerprint density at radius 2 is 2.11 bits per heavy atom. The standard InChI is InChI=1S/C13H12N2O4/c1-2-15-10-7-8(13(18)19)3-4-9(10)14-11(15)5-6-12(16)17/h3-7H,2H2,1H3,(H,16,17)(H,18,19)/b6-5+. The minimum Gasteiger partial charge on any atom is -0.478 e. The Labute approximate surface area is 108 Å². The summed E-state index contributed by atoms with van der Waals surface area (Å²) in [4.78, 5) is 25.7. The quantitative estimate of drug-likeness (QED) is 0.818. The highest BCUT2D eigenvalue weighted by atomic mass is 16.4. The first-order valence-corrected chi connectivity index (χ1v) is 5.67. The van der Waals surface area contributed by atoms with Crippen LogP contribution >= 0.6 is 0 Å². The molecule has 0 aliphatic carbocycles. The highest BCUT2D eigenvalue weighted by molar-refractivity contribution is 5.93. The fraction of sp³-hybridized carbons (Fsp3) is 0.154. The van der Waals surface area contributed by atoms with Gasteiger partial charge in [-0.2, -0.15) is 0 Å². The van der Waals surface area contributed by atoms with Crippen molar-refractivity contribution in [2.24, 2.45) is 0 Å². The zero-order chi connectivity index (χ0) is 14.0. The Hall–Kier alpha value is -2.63. The van der Waals surface area contributed by atoms with Crippen LogP contribution in [0.25, 0.3) is 17.1 Å². The molecule has 1 heterocycles. The second-order valence-corrected chi connectivity index (χ2v) is 3.89. The maximum absolute atomic E-state index is 10.9. The molecule has 0 radical (unpaired) electrons. The average molecular weight is 260 g/mol. The van der Waals surface area contributed by atoms with Crippen LogP contribution in [0.3, 0.4) is 0 Å². The molecule has 0 amide bonds. The van der Waals surface area contributed by atoms with E-state index in [1.807, 2.05) is 6.92 Å². The Morgan fingerprint density at radius 1 is 1.37 bits per heavy atom. The SMILES string of the molecule is CCn1c(/C=C/C(=O)O)nc2ccc(C(=O)O)cc21. The summed E-state index contributed by atoms with van der Waals surface area (Å²) in [5.74, 6) is -1.57. The fourth-order valence-corrected chi connectivity index (χ4v) is 1.88. The van der Waals surface area contributed by atoms with Gasteiger partial charge in [0, 0.05) is 12.6 Å². The average Bonchev–Trinajstić information content (AvgIpc) is 2.72. The number of hydrogen-bond acceptors (Lipinski definition) is 3. The first-order valence-electron chi connectivity index (χ1n) is 5.67. The van der Waals surface area contributed by atoms with E-state index >= 15 is 0 Å². The third kappa shape index (κ3) is 2.47. The summed E-state index contributed by atoms with van der Waals surface area (Å²) in [5.41, 5.74) is 1.49. The van der Waals surface area contributed by atoms with E-state index in [9.17, 15) is 9.59 Å². The van der Waals surface area contributed by atoms with Crippen LogP contribution in [0.5, 0.6) is 0 Å². The van der Waals surface area contributed by atoms with Crippen LogP contribution in [-0.4, -0.2) is 31.7 Å². The molecule has 6 nitrogen and oxygen atoms in total. The number of carbonyl (C=O) groups is 2. The summed E-state index contributed by atoms with van der Waals surface area (Å²) in [6.45, 7) is 2.45. The highest BCUT2D eigenvalue weighted by Gasteiger charge is 2.10. The molecule has 0 fully saturated rings. The first kappa shape index (κ1) is 12.8. The van der Waals surface area contributed by atoms with Crippen LogP contribution in [0.4, 0.5) is 0 Å². The van der Waals surface area contributed by atoms with E-state index in [4.69, 9.17) is 10.2 Å². The smallest absolute Gasteiger partial charge is 0.335 e. The summed E-state index contributed by atoms with van der Waals surface area (Å²) in [6.07, 6.45) is 2.40. The number of aromatic carboxylic acids is 1. The zero-order valence-electron chi connectivity index (χ0n) is 10.2. The van der Waals surface area contributed by atoms with Crippen molar-refractivity contribution >= 4 is 29.0 Å². The number of carboxylic acids is 2. The predicted octanol–water partition coefficient (Wildman–Crippen LogP) is 1.85. The largest absolute Gasteiger partial charge is 0.478 e. The van der Waals surface area contributed by atoms with Crippen molar-refractivity contribution in [2.75, 3.05) is 0 Å². The van der Waals surface area contributed by atoms with Crippen LogP contribution in [0, 0.1) is 0 Å². The van der Waals surface area contributed by atoms with Crippen LogP contribution < -0.4 is 0 Å². The monoisotopic (exact) mass is 260 g/mol. The number of carboxylic acid groups (broad SMARTS) is 2. The molecule has 0 saturated carbocycles. The number of benzene rings is 1. The third-order valence-electron chi connectivity index (χ3n) is 2.72. The zero-order valence-corrected chi connectivity index (χ0v) is 10.2. The van der Waals surface area contributed by atoms with Gasteiger partial charge in [0.25, 0.3) is 0 Å². The van der Waals surface area contributed by atoms with Gasteiger partial charge < -0.3 is 14.8 Å². The maximum atomic E-state index is 10.9. The van der Waals surface area contributed by atoms with Crippen molar-refractivity contribution in [3.63, 3.8) is 0 Å². The molecule has 2 rings (SSSR count). The predicted molar refractivity (Wildman–Crippen MR) is 69.0 cm³/mol. The minimum atomic E-state index is -1.05. The molecule has 0 unspecified atom stereocenters. The molecular weight excluding hydrogens is 248 g/mol. The highest BCUT2D eigenvalue weighted by Crippen LogP contribution is 2.19. The number of nitrogens with zero attached hydrogens (tertiary/aromatic N) is 2. The molecule has 2 N–H and O–H groups in total. The summed E-state index contributed by atoms with van der Waals surface area (Å²) >= 11 is 0. The number of fused-ring (bicyclic) bond motifs is 1. The van der Waals surface area contributed by atoms with Gasteiger partial charge >= 0.3 is 11.9 Å². The lowest BCUT2D eigenvalue weighted by molar-refractivity contribution is -0.131. The number of aliphatic carboxylic acids is 1. The van der Waals surface area contributed by atoms with Crippen molar-refractivity contribution < 1.29 is 19.8 Å². The second-order valence-electron chi connectivity index (χ2n) is 3.89. The molecule has 0 atom stereocenters. The van der Waals surface area contributed by atoms with E-state index in [0.29, 0.717) is 23.4 Å². The van der Waals surface area contributed by atoms with Crippen molar-refractivity contribution in [3.8, 4) is 0 Å². The van der Waals surface area contributed by atoms with E-state index in [0.717, 1.165) is 6.08 Å². The number of aromatic nitrogens is 2. The van der Waals surface area contributed by atoms with E-state index in [1.54, 1.807) is 10.6 Å². The number of imidazole rings is 1. The molecular formula is C13H12N2O4. The molecule has 2 aromatic rings. The number of hydrogen-bond donors (Lipinski definition) is 2. The van der Waals surface area contributed by atoms with Crippen molar-refractivity contribution in [1.82, 2.24) is 9.55 Å². The lowest BCUT2D eigenvalue weighted by Crippen LogP contribution is -2.00. The molecule has 1 aromatic carbocycles. The molecule has 0 aliphatic heterocycles. The summed E-state index contributed by atoms with van der Waals surface area (Å²) in [7, 11) is 0. The third-order valence-corrected chi connectivity index (χ3v) is 2.72. The van der Waals surface area contributed by atoms with Gasteiger partial charge in [0.05, 0.1) is 16.6 Å². The Balaban J connectivity index is 2.61. The lowest BCUT2D eigenvalue weighted by atomic mass is 10.2. The summed E-state index contributed by atoms with van der Waals surface area (Å²) < 4.78 is 1.77. The van der Waals surface area contributed by atoms with Crippen molar-refractivity contribution in [2.45, 2.75) is 13.5 Å². The molecule has 0 spiro atoms. The van der Waals surface area contributed by atoms with Crippen molar-refractivity contribution in [3.05, 3.63) is 35.7 Å². The fourth-order valence-electron chi connectivity index (χ4n) is 1.88. The van der Waals surface area contributed by atoms with E-state index in [-0.39, 0.29) is 5.56 Å². The van der Waals surface area contributed by atoms with Gasteiger partial charge in [-0.1, -0.05) is 0 Å². The Kier molecular flexibility index (Phi) is 3.33. The molecule has 19 heavy (non-hydrogen) atoms. The minimum absolute atomic E-state index is 0.177. The van der Waals surface area contributed by atoms with Crippen LogP contribution in [0.1, 0.15) is 23.1 Å². The maximum Gasteiger partial charge on any atom is 0.335 e. The van der Waals surface area contributed by atoms with Crippen molar-refractivity contribution in [1.29, 1.82) is 0 Å². The van der Waals surface area contributed by atoms with E-state index in [2.05, 4.69) is 4.98 Å². The molecule has 0 aliphatic rings. The molecule has 0 bridgehead atoms. The lowest BCUT2D eigenvalue weighted by Gasteiger charge is -2.02. The number of aryl methyl sites for hydroxylation is 1. The van der Waals surface area contributed by atoms with Gasteiger partial charge in [0.15, 0.2) is 0 Å². The second kappa shape index (κ2) is 4.93.